The van der Waals surface area contributed by atoms with Crippen LogP contribution in [0.15, 0.2) is 24.3 Å². The molecule has 0 spiro atoms. The van der Waals surface area contributed by atoms with Gasteiger partial charge in [0.2, 0.25) is 5.91 Å². The van der Waals surface area contributed by atoms with Gasteiger partial charge in [-0.05, 0) is 49.6 Å². The van der Waals surface area contributed by atoms with Gasteiger partial charge in [-0.3, -0.25) is 9.69 Å². The Hall–Kier alpha value is -1.59. The standard InChI is InChI=1S/C17H25N3O2/c18-11-14-12-19(13-14)9-10-22-16-6-4-15(5-7-16)20-8-2-1-3-17(20)21/h4-7,14H,1-3,8-13,18H2. The number of rotatable bonds is 6. The van der Waals surface area contributed by atoms with Gasteiger partial charge >= 0.3 is 0 Å². The van der Waals surface area contributed by atoms with Gasteiger partial charge in [-0.1, -0.05) is 0 Å². The second-order valence-electron chi connectivity index (χ2n) is 6.21. The van der Waals surface area contributed by atoms with E-state index in [2.05, 4.69) is 4.90 Å². The first-order valence-corrected chi connectivity index (χ1v) is 8.22. The molecule has 2 aliphatic heterocycles. The Morgan fingerprint density at radius 3 is 2.64 bits per heavy atom. The summed E-state index contributed by atoms with van der Waals surface area (Å²) in [7, 11) is 0. The number of ether oxygens (including phenoxy) is 1. The first-order valence-electron chi connectivity index (χ1n) is 8.22. The molecule has 1 aromatic carbocycles. The van der Waals surface area contributed by atoms with Crippen molar-refractivity contribution in [2.75, 3.05) is 44.2 Å². The second kappa shape index (κ2) is 7.11. The first kappa shape index (κ1) is 15.3. The maximum Gasteiger partial charge on any atom is 0.226 e. The summed E-state index contributed by atoms with van der Waals surface area (Å²) in [5, 5.41) is 0. The molecule has 2 aliphatic rings. The summed E-state index contributed by atoms with van der Waals surface area (Å²) >= 11 is 0. The van der Waals surface area contributed by atoms with Crippen LogP contribution >= 0.6 is 0 Å². The van der Waals surface area contributed by atoms with Crippen molar-refractivity contribution in [1.29, 1.82) is 0 Å². The normalized spacial score (nSPS) is 20.0. The minimum absolute atomic E-state index is 0.229. The highest BCUT2D eigenvalue weighted by Gasteiger charge is 2.24. The van der Waals surface area contributed by atoms with E-state index in [1.165, 1.54) is 0 Å². The maximum absolute atomic E-state index is 11.9. The topological polar surface area (TPSA) is 58.8 Å². The number of carbonyl (C=O) groups is 1. The van der Waals surface area contributed by atoms with Crippen LogP contribution in [0.1, 0.15) is 19.3 Å². The summed E-state index contributed by atoms with van der Waals surface area (Å²) in [6.45, 7) is 5.44. The minimum Gasteiger partial charge on any atom is -0.492 e. The van der Waals surface area contributed by atoms with Crippen LogP contribution in [-0.2, 0) is 4.79 Å². The lowest BCUT2D eigenvalue weighted by Crippen LogP contribution is -2.50. The third-order valence-corrected chi connectivity index (χ3v) is 4.51. The van der Waals surface area contributed by atoms with Crippen LogP contribution in [0.5, 0.6) is 5.75 Å². The molecule has 0 aliphatic carbocycles. The predicted molar refractivity (Wildman–Crippen MR) is 87.1 cm³/mol. The molecule has 3 rings (SSSR count). The molecule has 0 unspecified atom stereocenters. The second-order valence-corrected chi connectivity index (χ2v) is 6.21. The van der Waals surface area contributed by atoms with Gasteiger partial charge in [0, 0.05) is 38.3 Å². The van der Waals surface area contributed by atoms with Gasteiger partial charge in [-0.15, -0.1) is 0 Å². The number of carbonyl (C=O) groups excluding carboxylic acids is 1. The molecule has 2 saturated heterocycles. The number of amides is 1. The lowest BCUT2D eigenvalue weighted by atomic mass is 10.0. The smallest absolute Gasteiger partial charge is 0.226 e. The molecule has 2 heterocycles. The average Bonchev–Trinajstić information content (AvgIpc) is 2.51. The molecule has 5 heteroatoms. The molecule has 2 N–H and O–H groups in total. The maximum atomic E-state index is 11.9. The zero-order chi connectivity index (χ0) is 15.4. The van der Waals surface area contributed by atoms with Gasteiger partial charge in [0.05, 0.1) is 0 Å². The molecule has 0 atom stereocenters. The van der Waals surface area contributed by atoms with Crippen LogP contribution in [0.25, 0.3) is 0 Å². The number of anilines is 1. The summed E-state index contributed by atoms with van der Waals surface area (Å²) in [5.41, 5.74) is 6.59. The molecular weight excluding hydrogens is 278 g/mol. The Morgan fingerprint density at radius 2 is 1.95 bits per heavy atom. The molecule has 0 aromatic heterocycles. The van der Waals surface area contributed by atoms with Crippen molar-refractivity contribution in [3.8, 4) is 5.75 Å². The highest BCUT2D eigenvalue weighted by molar-refractivity contribution is 5.93. The summed E-state index contributed by atoms with van der Waals surface area (Å²) in [6, 6.07) is 7.87. The van der Waals surface area contributed by atoms with Crippen molar-refractivity contribution in [2.24, 2.45) is 11.7 Å². The summed E-state index contributed by atoms with van der Waals surface area (Å²) in [5.74, 6) is 1.76. The van der Waals surface area contributed by atoms with Gasteiger partial charge in [0.25, 0.3) is 0 Å². The van der Waals surface area contributed by atoms with Crippen LogP contribution in [0.3, 0.4) is 0 Å². The fourth-order valence-electron chi connectivity index (χ4n) is 3.10. The molecular formula is C17H25N3O2. The number of hydrogen-bond acceptors (Lipinski definition) is 4. The summed E-state index contributed by atoms with van der Waals surface area (Å²) in [4.78, 5) is 16.1. The Morgan fingerprint density at radius 1 is 1.18 bits per heavy atom. The lowest BCUT2D eigenvalue weighted by Gasteiger charge is -2.38. The zero-order valence-electron chi connectivity index (χ0n) is 13.0. The lowest BCUT2D eigenvalue weighted by molar-refractivity contribution is -0.119. The summed E-state index contributed by atoms with van der Waals surface area (Å²) in [6.07, 6.45) is 2.76. The average molecular weight is 303 g/mol. The highest BCUT2D eigenvalue weighted by Crippen LogP contribution is 2.23. The van der Waals surface area contributed by atoms with Crippen LogP contribution in [0.4, 0.5) is 5.69 Å². The SMILES string of the molecule is NCC1CN(CCOc2ccc(N3CCCCC3=O)cc2)C1. The Balaban J connectivity index is 1.44. The van der Waals surface area contributed by atoms with Crippen molar-refractivity contribution in [3.63, 3.8) is 0 Å². The van der Waals surface area contributed by atoms with E-state index in [4.69, 9.17) is 10.5 Å². The molecule has 120 valence electrons. The van der Waals surface area contributed by atoms with E-state index in [0.717, 1.165) is 57.0 Å². The number of likely N-dealkylation sites (tertiary alicyclic amines) is 1. The quantitative estimate of drug-likeness (QED) is 0.864. The zero-order valence-corrected chi connectivity index (χ0v) is 13.0. The van der Waals surface area contributed by atoms with E-state index in [9.17, 15) is 4.79 Å². The molecule has 1 aromatic rings. The molecule has 1 amide bonds. The van der Waals surface area contributed by atoms with Crippen molar-refractivity contribution in [3.05, 3.63) is 24.3 Å². The van der Waals surface area contributed by atoms with Crippen LogP contribution in [0, 0.1) is 5.92 Å². The number of piperidine rings is 1. The minimum atomic E-state index is 0.229. The van der Waals surface area contributed by atoms with Crippen LogP contribution < -0.4 is 15.4 Å². The van der Waals surface area contributed by atoms with Gasteiger partial charge in [-0.2, -0.15) is 0 Å². The Bertz CT molecular complexity index is 497. The van der Waals surface area contributed by atoms with Crippen molar-refractivity contribution < 1.29 is 9.53 Å². The fourth-order valence-corrected chi connectivity index (χ4v) is 3.10. The monoisotopic (exact) mass is 303 g/mol. The van der Waals surface area contributed by atoms with Gasteiger partial charge in [0.1, 0.15) is 12.4 Å². The molecule has 2 fully saturated rings. The van der Waals surface area contributed by atoms with Crippen LogP contribution in [-0.4, -0.2) is 50.1 Å². The number of hydrogen-bond donors (Lipinski definition) is 1. The van der Waals surface area contributed by atoms with E-state index >= 15 is 0 Å². The van der Waals surface area contributed by atoms with Crippen molar-refractivity contribution in [2.45, 2.75) is 19.3 Å². The molecule has 22 heavy (non-hydrogen) atoms. The van der Waals surface area contributed by atoms with E-state index in [1.54, 1.807) is 0 Å². The van der Waals surface area contributed by atoms with Gasteiger partial charge in [0.15, 0.2) is 0 Å². The molecule has 0 saturated carbocycles. The number of benzene rings is 1. The fraction of sp³-hybridized carbons (Fsp3) is 0.588. The first-order chi connectivity index (χ1) is 10.8. The number of nitrogens with two attached hydrogens (primary N) is 1. The largest absolute Gasteiger partial charge is 0.492 e. The van der Waals surface area contributed by atoms with E-state index in [-0.39, 0.29) is 5.91 Å². The van der Waals surface area contributed by atoms with E-state index < -0.39 is 0 Å². The summed E-state index contributed by atoms with van der Waals surface area (Å²) < 4.78 is 5.77. The van der Waals surface area contributed by atoms with Gasteiger partial charge < -0.3 is 15.4 Å². The third-order valence-electron chi connectivity index (χ3n) is 4.51. The van der Waals surface area contributed by atoms with Crippen LogP contribution in [0.2, 0.25) is 0 Å². The highest BCUT2D eigenvalue weighted by atomic mass is 16.5. The van der Waals surface area contributed by atoms with E-state index in [0.29, 0.717) is 18.9 Å². The molecule has 0 radical (unpaired) electrons. The Labute approximate surface area is 132 Å². The third kappa shape index (κ3) is 3.59. The Kier molecular flexibility index (Phi) is 4.95. The van der Waals surface area contributed by atoms with E-state index in [1.807, 2.05) is 29.2 Å². The molecule has 0 bridgehead atoms. The van der Waals surface area contributed by atoms with Crippen molar-refractivity contribution >= 4 is 11.6 Å². The van der Waals surface area contributed by atoms with Gasteiger partial charge in [-0.25, -0.2) is 0 Å². The molecule has 5 nitrogen and oxygen atoms in total. The van der Waals surface area contributed by atoms with Crippen molar-refractivity contribution in [1.82, 2.24) is 4.90 Å². The predicted octanol–water partition coefficient (Wildman–Crippen LogP) is 1.47. The number of nitrogens with zero attached hydrogens (tertiary/aromatic N) is 2.